The number of tetrazole rings is 1. The van der Waals surface area contributed by atoms with Crippen LogP contribution < -0.4 is 9.47 Å². The molecule has 0 radical (unpaired) electrons. The summed E-state index contributed by atoms with van der Waals surface area (Å²) in [7, 11) is 3.17. The Bertz CT molecular complexity index is 787. The molecule has 27 heavy (non-hydrogen) atoms. The molecule has 0 unspecified atom stereocenters. The van der Waals surface area contributed by atoms with Gasteiger partial charge >= 0.3 is 0 Å². The molecule has 1 aromatic carbocycles. The average Bonchev–Trinajstić information content (AvgIpc) is 3.14. The van der Waals surface area contributed by atoms with Crippen LogP contribution in [0.1, 0.15) is 33.1 Å². The number of rotatable bonds is 6. The van der Waals surface area contributed by atoms with Crippen LogP contribution >= 0.6 is 11.8 Å². The molecular formula is C18H25N5O3S. The SMILES string of the molecule is COc1ccc(-n2nnnc2SCC(=O)N2[C@@H](C)CCC[C@@H]2C)cc1OC. The van der Waals surface area contributed by atoms with Crippen molar-refractivity contribution >= 4 is 17.7 Å². The minimum absolute atomic E-state index is 0.126. The van der Waals surface area contributed by atoms with E-state index >= 15 is 0 Å². The van der Waals surface area contributed by atoms with Gasteiger partial charge in [0.1, 0.15) is 0 Å². The lowest BCUT2D eigenvalue weighted by molar-refractivity contribution is -0.134. The van der Waals surface area contributed by atoms with Crippen molar-refractivity contribution in [2.75, 3.05) is 20.0 Å². The Balaban J connectivity index is 1.73. The first-order chi connectivity index (χ1) is 13.0. The number of hydrogen-bond donors (Lipinski definition) is 0. The number of piperidine rings is 1. The van der Waals surface area contributed by atoms with Crippen LogP contribution in [0.4, 0.5) is 0 Å². The fraction of sp³-hybridized carbons (Fsp3) is 0.556. The van der Waals surface area contributed by atoms with Crippen molar-refractivity contribution in [1.82, 2.24) is 25.1 Å². The Labute approximate surface area is 163 Å². The number of likely N-dealkylation sites (tertiary alicyclic amines) is 1. The van der Waals surface area contributed by atoms with Crippen LogP contribution in [0.5, 0.6) is 11.5 Å². The standard InChI is InChI=1S/C18H25N5O3S/c1-12-6-5-7-13(2)22(12)17(24)11-27-18-19-20-21-23(18)14-8-9-15(25-3)16(10-14)26-4/h8-10,12-13H,5-7,11H2,1-4H3/t12-,13-/m0/s1. The number of amides is 1. The molecule has 8 nitrogen and oxygen atoms in total. The topological polar surface area (TPSA) is 82.4 Å². The highest BCUT2D eigenvalue weighted by Crippen LogP contribution is 2.30. The fourth-order valence-corrected chi connectivity index (χ4v) is 4.26. The van der Waals surface area contributed by atoms with Gasteiger partial charge in [-0.25, -0.2) is 0 Å². The quantitative estimate of drug-likeness (QED) is 0.700. The molecule has 146 valence electrons. The van der Waals surface area contributed by atoms with Crippen LogP contribution in [-0.2, 0) is 4.79 Å². The number of aromatic nitrogens is 4. The summed E-state index contributed by atoms with van der Waals surface area (Å²) in [5, 5.41) is 12.4. The van der Waals surface area contributed by atoms with Crippen LogP contribution in [0.3, 0.4) is 0 Å². The third-order valence-electron chi connectivity index (χ3n) is 4.86. The average molecular weight is 391 g/mol. The first-order valence-electron chi connectivity index (χ1n) is 9.00. The minimum Gasteiger partial charge on any atom is -0.493 e. The molecule has 0 spiro atoms. The van der Waals surface area contributed by atoms with Gasteiger partial charge in [0.2, 0.25) is 11.1 Å². The van der Waals surface area contributed by atoms with Crippen LogP contribution in [0.15, 0.2) is 23.4 Å². The largest absolute Gasteiger partial charge is 0.493 e. The molecule has 2 heterocycles. The summed E-state index contributed by atoms with van der Waals surface area (Å²) < 4.78 is 12.2. The van der Waals surface area contributed by atoms with E-state index in [0.29, 0.717) is 22.4 Å². The molecule has 9 heteroatoms. The lowest BCUT2D eigenvalue weighted by Crippen LogP contribution is -2.48. The molecule has 2 atom stereocenters. The van der Waals surface area contributed by atoms with Gasteiger partial charge in [0.15, 0.2) is 11.5 Å². The predicted molar refractivity (Wildman–Crippen MR) is 103 cm³/mol. The lowest BCUT2D eigenvalue weighted by atomic mass is 9.98. The normalized spacial score (nSPS) is 19.8. The molecule has 1 fully saturated rings. The van der Waals surface area contributed by atoms with Crippen molar-refractivity contribution in [3.05, 3.63) is 18.2 Å². The highest BCUT2D eigenvalue weighted by molar-refractivity contribution is 7.99. The molecular weight excluding hydrogens is 366 g/mol. The zero-order valence-electron chi connectivity index (χ0n) is 16.1. The monoisotopic (exact) mass is 391 g/mol. The van der Waals surface area contributed by atoms with Gasteiger partial charge in [-0.1, -0.05) is 11.8 Å². The number of carbonyl (C=O) groups excluding carboxylic acids is 1. The zero-order chi connectivity index (χ0) is 19.4. The maximum absolute atomic E-state index is 12.7. The Morgan fingerprint density at radius 3 is 2.56 bits per heavy atom. The molecule has 0 aliphatic carbocycles. The Hall–Kier alpha value is -2.29. The number of nitrogens with zero attached hydrogens (tertiary/aromatic N) is 5. The summed E-state index contributed by atoms with van der Waals surface area (Å²) in [4.78, 5) is 14.7. The molecule has 3 rings (SSSR count). The Kier molecular flexibility index (Phi) is 6.20. The number of benzene rings is 1. The van der Waals surface area contributed by atoms with Crippen molar-refractivity contribution in [3.8, 4) is 17.2 Å². The third kappa shape index (κ3) is 4.18. The third-order valence-corrected chi connectivity index (χ3v) is 5.76. The fourth-order valence-electron chi connectivity index (χ4n) is 3.50. The van der Waals surface area contributed by atoms with Gasteiger partial charge in [-0.05, 0) is 55.7 Å². The van der Waals surface area contributed by atoms with E-state index in [2.05, 4.69) is 29.4 Å². The van der Waals surface area contributed by atoms with Crippen molar-refractivity contribution < 1.29 is 14.3 Å². The second-order valence-electron chi connectivity index (χ2n) is 6.63. The van der Waals surface area contributed by atoms with E-state index in [1.54, 1.807) is 31.0 Å². The lowest BCUT2D eigenvalue weighted by Gasteiger charge is -2.39. The first-order valence-corrected chi connectivity index (χ1v) is 9.98. The van der Waals surface area contributed by atoms with Gasteiger partial charge in [0.25, 0.3) is 0 Å². The Morgan fingerprint density at radius 2 is 1.89 bits per heavy atom. The summed E-state index contributed by atoms with van der Waals surface area (Å²) in [5.41, 5.74) is 0.743. The summed E-state index contributed by atoms with van der Waals surface area (Å²) >= 11 is 1.34. The summed E-state index contributed by atoms with van der Waals surface area (Å²) in [6.45, 7) is 4.23. The van der Waals surface area contributed by atoms with Gasteiger partial charge in [-0.3, -0.25) is 4.79 Å². The smallest absolute Gasteiger partial charge is 0.233 e. The van der Waals surface area contributed by atoms with Gasteiger partial charge in [0, 0.05) is 18.2 Å². The van der Waals surface area contributed by atoms with E-state index < -0.39 is 0 Å². The van der Waals surface area contributed by atoms with E-state index in [1.165, 1.54) is 18.2 Å². The Morgan fingerprint density at radius 1 is 1.19 bits per heavy atom. The van der Waals surface area contributed by atoms with Gasteiger partial charge < -0.3 is 14.4 Å². The van der Waals surface area contributed by atoms with E-state index in [4.69, 9.17) is 9.47 Å². The number of hydrogen-bond acceptors (Lipinski definition) is 7. The summed E-state index contributed by atoms with van der Waals surface area (Å²) in [6.07, 6.45) is 3.30. The van der Waals surface area contributed by atoms with Crippen molar-refractivity contribution in [3.63, 3.8) is 0 Å². The van der Waals surface area contributed by atoms with Crippen molar-refractivity contribution in [2.45, 2.75) is 50.4 Å². The molecule has 1 aliphatic heterocycles. The number of ether oxygens (including phenoxy) is 2. The molecule has 1 saturated heterocycles. The van der Waals surface area contributed by atoms with Crippen LogP contribution in [-0.4, -0.2) is 63.1 Å². The van der Waals surface area contributed by atoms with Crippen molar-refractivity contribution in [1.29, 1.82) is 0 Å². The maximum atomic E-state index is 12.7. The summed E-state index contributed by atoms with van der Waals surface area (Å²) in [5.74, 6) is 1.66. The number of thioether (sulfide) groups is 1. The van der Waals surface area contributed by atoms with Crippen LogP contribution in [0.25, 0.3) is 5.69 Å². The minimum atomic E-state index is 0.126. The molecule has 2 aromatic rings. The second kappa shape index (κ2) is 8.60. The molecule has 1 aromatic heterocycles. The van der Waals surface area contributed by atoms with E-state index in [9.17, 15) is 4.79 Å². The molecule has 1 amide bonds. The highest BCUT2D eigenvalue weighted by Gasteiger charge is 2.29. The molecule has 0 saturated carbocycles. The van der Waals surface area contributed by atoms with Crippen molar-refractivity contribution in [2.24, 2.45) is 0 Å². The van der Waals surface area contributed by atoms with E-state index in [-0.39, 0.29) is 18.0 Å². The predicted octanol–water partition coefficient (Wildman–Crippen LogP) is 2.56. The van der Waals surface area contributed by atoms with Crippen LogP contribution in [0.2, 0.25) is 0 Å². The molecule has 0 bridgehead atoms. The second-order valence-corrected chi connectivity index (χ2v) is 7.57. The van der Waals surface area contributed by atoms with Gasteiger partial charge in [0.05, 0.1) is 25.7 Å². The number of carbonyl (C=O) groups is 1. The highest BCUT2D eigenvalue weighted by atomic mass is 32.2. The van der Waals surface area contributed by atoms with Crippen LogP contribution in [0, 0.1) is 0 Å². The van der Waals surface area contributed by atoms with E-state index in [0.717, 1.165) is 18.5 Å². The number of methoxy groups -OCH3 is 2. The molecule has 1 aliphatic rings. The first kappa shape index (κ1) is 19.5. The molecule has 0 N–H and O–H groups in total. The van der Waals surface area contributed by atoms with Gasteiger partial charge in [-0.15, -0.1) is 5.10 Å². The summed E-state index contributed by atoms with van der Waals surface area (Å²) in [6, 6.07) is 6.01. The zero-order valence-corrected chi connectivity index (χ0v) is 16.9. The van der Waals surface area contributed by atoms with Gasteiger partial charge in [-0.2, -0.15) is 4.68 Å². The maximum Gasteiger partial charge on any atom is 0.233 e. The van der Waals surface area contributed by atoms with E-state index in [1.807, 2.05) is 11.0 Å².